The summed E-state index contributed by atoms with van der Waals surface area (Å²) in [5.74, 6) is 0. The Hall–Kier alpha value is -2.43. The van der Waals surface area contributed by atoms with Crippen molar-refractivity contribution in [3.05, 3.63) is 77.9 Å². The van der Waals surface area contributed by atoms with Crippen LogP contribution in [0.3, 0.4) is 0 Å². The Bertz CT molecular complexity index is 911. The van der Waals surface area contributed by atoms with Crippen LogP contribution >= 0.6 is 11.8 Å². The van der Waals surface area contributed by atoms with Gasteiger partial charge in [-0.25, -0.2) is 0 Å². The van der Waals surface area contributed by atoms with Gasteiger partial charge in [0.25, 0.3) is 0 Å². The van der Waals surface area contributed by atoms with Crippen LogP contribution in [0, 0.1) is 13.8 Å². The number of aliphatic hydroxyl groups excluding tert-OH is 1. The average Bonchev–Trinajstić information content (AvgIpc) is 2.67. The van der Waals surface area contributed by atoms with Gasteiger partial charge in [-0.05, 0) is 49.7 Å². The molecule has 1 aliphatic rings. The number of aliphatic hydroxyl groups is 1. The molecule has 3 nitrogen and oxygen atoms in total. The van der Waals surface area contributed by atoms with Gasteiger partial charge in [-0.1, -0.05) is 53.7 Å². The molecule has 0 saturated heterocycles. The molecular formula is C23H24N2OS. The van der Waals surface area contributed by atoms with Crippen molar-refractivity contribution >= 4 is 28.8 Å². The van der Waals surface area contributed by atoms with Crippen LogP contribution in [0.1, 0.15) is 11.1 Å². The lowest BCUT2D eigenvalue weighted by Crippen LogP contribution is -2.34. The Morgan fingerprint density at radius 1 is 0.926 bits per heavy atom. The number of rotatable bonds is 5. The number of anilines is 3. The van der Waals surface area contributed by atoms with E-state index >= 15 is 0 Å². The zero-order valence-corrected chi connectivity index (χ0v) is 16.5. The highest BCUT2D eigenvalue weighted by atomic mass is 32.2. The third-order valence-corrected chi connectivity index (χ3v) is 5.97. The van der Waals surface area contributed by atoms with E-state index in [9.17, 15) is 5.11 Å². The Kier molecular flexibility index (Phi) is 5.10. The van der Waals surface area contributed by atoms with E-state index in [1.807, 2.05) is 0 Å². The number of β-amino-alcohol motifs (C(OH)–C–C–N with tert-alkyl or cyclic N) is 1. The van der Waals surface area contributed by atoms with Gasteiger partial charge in [-0.3, -0.25) is 0 Å². The van der Waals surface area contributed by atoms with Crippen molar-refractivity contribution < 1.29 is 5.11 Å². The molecule has 4 rings (SSSR count). The van der Waals surface area contributed by atoms with E-state index in [1.165, 1.54) is 20.9 Å². The fourth-order valence-corrected chi connectivity index (χ4v) is 4.59. The smallest absolute Gasteiger partial charge is 0.0891 e. The lowest BCUT2D eigenvalue weighted by atomic mass is 10.1. The van der Waals surface area contributed by atoms with Crippen LogP contribution in [-0.2, 0) is 0 Å². The van der Waals surface area contributed by atoms with Crippen LogP contribution in [0.4, 0.5) is 17.1 Å². The Morgan fingerprint density at radius 3 is 2.19 bits per heavy atom. The van der Waals surface area contributed by atoms with Crippen molar-refractivity contribution in [3.63, 3.8) is 0 Å². The lowest BCUT2D eigenvalue weighted by Gasteiger charge is -2.34. The first kappa shape index (κ1) is 18.0. The summed E-state index contributed by atoms with van der Waals surface area (Å²) in [6, 6.07) is 23.1. The largest absolute Gasteiger partial charge is 0.389 e. The van der Waals surface area contributed by atoms with Gasteiger partial charge in [0, 0.05) is 22.0 Å². The molecule has 3 aromatic rings. The number of benzene rings is 3. The average molecular weight is 377 g/mol. The molecule has 0 amide bonds. The molecule has 0 bridgehead atoms. The van der Waals surface area contributed by atoms with E-state index in [2.05, 4.69) is 90.8 Å². The first-order valence-corrected chi connectivity index (χ1v) is 10.1. The third kappa shape index (κ3) is 3.82. The number of nitrogens with one attached hydrogen (secondary N) is 1. The van der Waals surface area contributed by atoms with Gasteiger partial charge in [0.15, 0.2) is 0 Å². The van der Waals surface area contributed by atoms with E-state index < -0.39 is 6.10 Å². The topological polar surface area (TPSA) is 35.5 Å². The Morgan fingerprint density at radius 2 is 1.56 bits per heavy atom. The summed E-state index contributed by atoms with van der Waals surface area (Å²) < 4.78 is 0. The molecule has 4 heteroatoms. The van der Waals surface area contributed by atoms with Gasteiger partial charge in [-0.2, -0.15) is 0 Å². The summed E-state index contributed by atoms with van der Waals surface area (Å²) in [5, 5.41) is 14.1. The van der Waals surface area contributed by atoms with E-state index in [4.69, 9.17) is 0 Å². The van der Waals surface area contributed by atoms with Crippen LogP contribution in [0.25, 0.3) is 0 Å². The normalized spacial score (nSPS) is 13.7. The van der Waals surface area contributed by atoms with Crippen LogP contribution in [-0.4, -0.2) is 24.3 Å². The van der Waals surface area contributed by atoms with Crippen molar-refractivity contribution in [1.29, 1.82) is 0 Å². The molecule has 1 aliphatic heterocycles. The molecule has 0 spiro atoms. The predicted molar refractivity (Wildman–Crippen MR) is 114 cm³/mol. The number of hydrogen-bond donors (Lipinski definition) is 2. The van der Waals surface area contributed by atoms with Crippen molar-refractivity contribution in [3.8, 4) is 0 Å². The van der Waals surface area contributed by atoms with E-state index in [-0.39, 0.29) is 0 Å². The molecule has 0 saturated carbocycles. The predicted octanol–water partition coefficient (Wildman–Crippen LogP) is 5.38. The van der Waals surface area contributed by atoms with Crippen LogP contribution in [0.2, 0.25) is 0 Å². The lowest BCUT2D eigenvalue weighted by molar-refractivity contribution is 0.195. The molecule has 1 atom stereocenters. The monoisotopic (exact) mass is 376 g/mol. The molecule has 0 fully saturated rings. The Labute approximate surface area is 165 Å². The summed E-state index contributed by atoms with van der Waals surface area (Å²) in [6.45, 7) is 5.25. The number of hydrogen-bond acceptors (Lipinski definition) is 4. The summed E-state index contributed by atoms with van der Waals surface area (Å²) in [7, 11) is 0. The molecule has 0 aromatic heterocycles. The van der Waals surface area contributed by atoms with Crippen molar-refractivity contribution in [2.45, 2.75) is 29.7 Å². The maximum absolute atomic E-state index is 10.7. The minimum atomic E-state index is -0.491. The van der Waals surface area contributed by atoms with Gasteiger partial charge in [-0.15, -0.1) is 0 Å². The quantitative estimate of drug-likeness (QED) is 0.627. The second-order valence-corrected chi connectivity index (χ2v) is 8.08. The maximum Gasteiger partial charge on any atom is 0.0891 e. The van der Waals surface area contributed by atoms with Gasteiger partial charge in [0.05, 0.1) is 24.0 Å². The molecule has 0 unspecified atom stereocenters. The number of nitrogens with zero attached hydrogens (tertiary/aromatic N) is 1. The molecule has 27 heavy (non-hydrogen) atoms. The minimum absolute atomic E-state index is 0.491. The van der Waals surface area contributed by atoms with Crippen LogP contribution in [0.15, 0.2) is 76.5 Å². The third-order valence-electron chi connectivity index (χ3n) is 4.84. The van der Waals surface area contributed by atoms with Crippen LogP contribution < -0.4 is 10.2 Å². The van der Waals surface area contributed by atoms with E-state index in [1.54, 1.807) is 11.8 Å². The molecule has 0 radical (unpaired) electrons. The van der Waals surface area contributed by atoms with Gasteiger partial charge in [0.2, 0.25) is 0 Å². The SMILES string of the molecule is Cc1ccc(NC[C@H](O)CN2c3ccccc3Sc3ccccc32)c(C)c1. The second kappa shape index (κ2) is 7.67. The molecule has 3 aromatic carbocycles. The fraction of sp³-hybridized carbons (Fsp3) is 0.217. The van der Waals surface area contributed by atoms with E-state index in [0.29, 0.717) is 13.1 Å². The zero-order chi connectivity index (χ0) is 18.8. The zero-order valence-electron chi connectivity index (χ0n) is 15.6. The fourth-order valence-electron chi connectivity index (χ4n) is 3.49. The van der Waals surface area contributed by atoms with E-state index in [0.717, 1.165) is 17.1 Å². The summed E-state index contributed by atoms with van der Waals surface area (Å²) in [4.78, 5) is 4.69. The molecule has 138 valence electrons. The minimum Gasteiger partial charge on any atom is -0.389 e. The summed E-state index contributed by atoms with van der Waals surface area (Å²) in [5.41, 5.74) is 5.85. The van der Waals surface area contributed by atoms with Gasteiger partial charge >= 0.3 is 0 Å². The standard InChI is InChI=1S/C23H24N2OS/c1-16-11-12-19(17(2)13-16)24-14-18(26)15-25-20-7-3-5-9-22(20)27-23-10-6-4-8-21(23)25/h3-13,18,24,26H,14-15H2,1-2H3/t18-/m0/s1. The molecule has 0 aliphatic carbocycles. The molecular weight excluding hydrogens is 352 g/mol. The number of fused-ring (bicyclic) bond motifs is 2. The number of aryl methyl sites for hydroxylation is 2. The first-order valence-electron chi connectivity index (χ1n) is 9.24. The van der Waals surface area contributed by atoms with Crippen molar-refractivity contribution in [2.75, 3.05) is 23.3 Å². The Balaban J connectivity index is 1.52. The molecule has 1 heterocycles. The van der Waals surface area contributed by atoms with Crippen LogP contribution in [0.5, 0.6) is 0 Å². The first-order chi connectivity index (χ1) is 13.1. The summed E-state index contributed by atoms with van der Waals surface area (Å²) >= 11 is 1.79. The van der Waals surface area contributed by atoms with Gasteiger partial charge in [0.1, 0.15) is 0 Å². The second-order valence-electron chi connectivity index (χ2n) is 7.00. The highest BCUT2D eigenvalue weighted by Gasteiger charge is 2.24. The van der Waals surface area contributed by atoms with Crippen molar-refractivity contribution in [1.82, 2.24) is 0 Å². The summed E-state index contributed by atoms with van der Waals surface area (Å²) in [6.07, 6.45) is -0.491. The highest BCUT2D eigenvalue weighted by Crippen LogP contribution is 2.47. The number of para-hydroxylation sites is 2. The maximum atomic E-state index is 10.7. The van der Waals surface area contributed by atoms with Gasteiger partial charge < -0.3 is 15.3 Å². The highest BCUT2D eigenvalue weighted by molar-refractivity contribution is 7.99. The van der Waals surface area contributed by atoms with Crippen molar-refractivity contribution in [2.24, 2.45) is 0 Å². The molecule has 2 N–H and O–H groups in total.